The van der Waals surface area contributed by atoms with E-state index in [1.807, 2.05) is 240 Å². The van der Waals surface area contributed by atoms with Gasteiger partial charge in [-0.05, 0) is 162 Å². The molecule has 4 saturated heterocycles. The second kappa shape index (κ2) is 42.5. The zero-order chi connectivity index (χ0) is 81.0. The summed E-state index contributed by atoms with van der Waals surface area (Å²) in [7, 11) is 0. The number of ether oxygens (including phenoxy) is 4. The Morgan fingerprint density at radius 1 is 0.430 bits per heavy atom. The van der Waals surface area contributed by atoms with Gasteiger partial charge in [-0.2, -0.15) is 0 Å². The highest BCUT2D eigenvalue weighted by atomic mass is 79.9. The summed E-state index contributed by atoms with van der Waals surface area (Å²) < 4.78 is 31.5. The molecule has 0 aliphatic carbocycles. The predicted molar refractivity (Wildman–Crippen MR) is 459 cm³/mol. The van der Waals surface area contributed by atoms with Crippen molar-refractivity contribution in [1.82, 2.24) is 46.0 Å². The first kappa shape index (κ1) is 87.2. The minimum Gasteiger partial charge on any atom is -0.362 e. The molecule has 18 nitrogen and oxygen atoms in total. The van der Waals surface area contributed by atoms with E-state index in [0.717, 1.165) is 66.7 Å². The van der Waals surface area contributed by atoms with Gasteiger partial charge in [0.15, 0.2) is 0 Å². The summed E-state index contributed by atoms with van der Waals surface area (Å²) in [5.41, 5.74) is 9.24. The molecule has 14 rings (SSSR count). The standard InChI is InChI=1S/C22H19BrCl2N2O2S.C22H21Cl2N3O3.2C21H24Cl2N2O2/c23-21-15(9-10-30-21)11-26-22(28)27-12-17(13-27)29-20(14-5-7-16(24)8-6-14)18-3-1-2-4-19(18)25;1-14-10-17(26-30-14)11-25-22(28)27-12-18(13-27)29-21(15-6-8-16(23)9-7-15)19-4-2-3-5-20(19)24;2*1-3-14(2)24-21(26)25-12-17(13-25)27-20(15-8-10-16(22)11-9-15)18-6-4-5-7-19(18)23/h1-10,17,20H,11-13H2,(H,26,28);2-10,18,21H,11-13H2,1H3,(H,25,28);2*4-11,14,17,20H,3,12-13H2,1-2H3,(H,24,26)/t;;2*14-,20?/m..10/s1. The van der Waals surface area contributed by atoms with E-state index < -0.39 is 0 Å². The van der Waals surface area contributed by atoms with Crippen molar-refractivity contribution in [2.75, 3.05) is 52.4 Å². The smallest absolute Gasteiger partial charge is 0.317 e. The molecule has 6 heterocycles. The molecular weight excluding hydrogens is 1700 g/mol. The molecule has 28 heteroatoms. The van der Waals surface area contributed by atoms with Crippen LogP contribution in [-0.4, -0.2) is 138 Å². The highest BCUT2D eigenvalue weighted by Crippen LogP contribution is 2.40. The molecule has 4 aliphatic rings. The van der Waals surface area contributed by atoms with Crippen molar-refractivity contribution < 1.29 is 42.6 Å². The van der Waals surface area contributed by atoms with Gasteiger partial charge in [0, 0.05) is 87.1 Å². The third-order valence-corrected chi connectivity index (χ3v) is 23.7. The van der Waals surface area contributed by atoms with Crippen LogP contribution in [0.4, 0.5) is 19.2 Å². The van der Waals surface area contributed by atoms with Crippen LogP contribution in [-0.2, 0) is 32.0 Å². The SMILES string of the molecule is CC[C@@H](C)NC(=O)N1CC(OC(c2ccc(Cl)cc2)c2ccccc2Cl)C1.CC[C@H](C)NC(=O)N1CC(OC(c2ccc(Cl)cc2)c2ccccc2Cl)C1.Cc1cc(CNC(=O)N2CC(OC(c3ccc(Cl)cc3)c3ccccc3Cl)C2)no1.O=C(NCc1ccsc1Br)N1CC(OC(c2ccc(Cl)cc2)c2ccccc2Cl)C1. The minimum atomic E-state index is -0.343. The number of thiophene rings is 1. The van der Waals surface area contributed by atoms with Crippen molar-refractivity contribution in [2.24, 2.45) is 0 Å². The predicted octanol–water partition coefficient (Wildman–Crippen LogP) is 22.1. The molecule has 4 fully saturated rings. The number of likely N-dealkylation sites (tertiary alicyclic amines) is 4. The van der Waals surface area contributed by atoms with Crippen LogP contribution in [0, 0.1) is 6.92 Å². The summed E-state index contributed by atoms with van der Waals surface area (Å²) in [5, 5.41) is 22.9. The van der Waals surface area contributed by atoms with E-state index in [1.54, 1.807) is 37.0 Å². The zero-order valence-electron chi connectivity index (χ0n) is 63.2. The molecule has 114 heavy (non-hydrogen) atoms. The van der Waals surface area contributed by atoms with Crippen LogP contribution in [0.15, 0.2) is 220 Å². The average Bonchev–Trinajstić information content (AvgIpc) is 0.878. The number of hydrogen-bond acceptors (Lipinski definition) is 11. The Morgan fingerprint density at radius 3 is 0.965 bits per heavy atom. The van der Waals surface area contributed by atoms with Gasteiger partial charge in [0.1, 0.15) is 35.9 Å². The molecular formula is C86H88BrCl8N9O9S. The van der Waals surface area contributed by atoms with Crippen molar-refractivity contribution in [3.8, 4) is 0 Å². The molecule has 0 radical (unpaired) electrons. The molecule has 600 valence electrons. The topological polar surface area (TPSA) is 192 Å². The molecule has 0 saturated carbocycles. The van der Waals surface area contributed by atoms with Gasteiger partial charge in [-0.3, -0.25) is 0 Å². The number of nitrogens with one attached hydrogen (secondary N) is 4. The number of benzene rings is 8. The van der Waals surface area contributed by atoms with Crippen LogP contribution in [0.25, 0.3) is 0 Å². The highest BCUT2D eigenvalue weighted by molar-refractivity contribution is 9.11. The van der Waals surface area contributed by atoms with Crippen molar-refractivity contribution in [1.29, 1.82) is 0 Å². The number of amides is 8. The van der Waals surface area contributed by atoms with E-state index in [0.29, 0.717) is 117 Å². The van der Waals surface area contributed by atoms with Crippen molar-refractivity contribution in [3.05, 3.63) is 317 Å². The van der Waals surface area contributed by atoms with Crippen LogP contribution < -0.4 is 21.3 Å². The fourth-order valence-electron chi connectivity index (χ4n) is 12.5. The molecule has 4 aliphatic heterocycles. The van der Waals surface area contributed by atoms with E-state index >= 15 is 0 Å². The maximum absolute atomic E-state index is 12.4. The second-order valence-corrected chi connectivity index (χ2v) is 33.6. The lowest BCUT2D eigenvalue weighted by Gasteiger charge is -2.41. The number of halogens is 9. The summed E-state index contributed by atoms with van der Waals surface area (Å²) in [6, 6.07) is 64.6. The lowest BCUT2D eigenvalue weighted by atomic mass is 10.0. The average molecular weight is 1790 g/mol. The van der Waals surface area contributed by atoms with Crippen LogP contribution in [0.2, 0.25) is 40.2 Å². The summed E-state index contributed by atoms with van der Waals surface area (Å²) in [6.07, 6.45) is 0.297. The van der Waals surface area contributed by atoms with Crippen molar-refractivity contribution in [3.63, 3.8) is 0 Å². The Labute approximate surface area is 717 Å². The number of nitrogens with zero attached hydrogens (tertiary/aromatic N) is 5. The Kier molecular flexibility index (Phi) is 32.5. The highest BCUT2D eigenvalue weighted by Gasteiger charge is 2.39. The third-order valence-electron chi connectivity index (χ3n) is 19.5. The fraction of sp³-hybridized carbons (Fsp3) is 0.314. The molecule has 2 aromatic heterocycles. The Balaban J connectivity index is 0.000000150. The first-order valence-electron chi connectivity index (χ1n) is 37.4. The summed E-state index contributed by atoms with van der Waals surface area (Å²) in [5.74, 6) is 0.712. The fourth-order valence-corrected chi connectivity index (χ4v) is 15.2. The van der Waals surface area contributed by atoms with E-state index in [9.17, 15) is 19.2 Å². The summed E-state index contributed by atoms with van der Waals surface area (Å²) in [6.45, 7) is 15.1. The van der Waals surface area contributed by atoms with E-state index in [2.05, 4.69) is 42.4 Å². The zero-order valence-corrected chi connectivity index (χ0v) is 71.6. The number of aromatic nitrogens is 1. The number of carbonyl (C=O) groups is 4. The molecule has 4 unspecified atom stereocenters. The van der Waals surface area contributed by atoms with Gasteiger partial charge in [0.2, 0.25) is 0 Å². The minimum absolute atomic E-state index is 0.0370. The number of urea groups is 4. The van der Waals surface area contributed by atoms with Crippen LogP contribution in [0.3, 0.4) is 0 Å². The van der Waals surface area contributed by atoms with Crippen LogP contribution in [0.5, 0.6) is 0 Å². The molecule has 4 N–H and O–H groups in total. The van der Waals surface area contributed by atoms with E-state index in [4.69, 9.17) is 116 Å². The maximum atomic E-state index is 12.4. The largest absolute Gasteiger partial charge is 0.362 e. The Hall–Kier alpha value is -7.61. The van der Waals surface area contributed by atoms with Crippen molar-refractivity contribution >= 4 is 144 Å². The monoisotopic (exact) mass is 1780 g/mol. The van der Waals surface area contributed by atoms with Gasteiger partial charge < -0.3 is 64.3 Å². The van der Waals surface area contributed by atoms with E-state index in [1.165, 1.54) is 0 Å². The van der Waals surface area contributed by atoms with Crippen LogP contribution >= 0.6 is 120 Å². The molecule has 0 spiro atoms. The molecule has 8 aromatic carbocycles. The molecule has 0 bridgehead atoms. The molecule has 8 amide bonds. The lowest BCUT2D eigenvalue weighted by Crippen LogP contribution is -2.58. The van der Waals surface area contributed by atoms with Crippen LogP contribution in [0.1, 0.15) is 126 Å². The Morgan fingerprint density at radius 2 is 0.711 bits per heavy atom. The first-order valence-corrected chi connectivity index (χ1v) is 42.1. The quantitative estimate of drug-likeness (QED) is 0.0452. The third kappa shape index (κ3) is 24.5. The van der Waals surface area contributed by atoms with Gasteiger partial charge >= 0.3 is 24.1 Å². The molecule has 6 atom stereocenters. The summed E-state index contributed by atoms with van der Waals surface area (Å²) in [4.78, 5) is 56.1. The Bertz CT molecular complexity index is 4650. The van der Waals surface area contributed by atoms with Gasteiger partial charge in [-0.1, -0.05) is 233 Å². The normalized spacial score (nSPS) is 15.7. The first-order chi connectivity index (χ1) is 54.9. The van der Waals surface area contributed by atoms with Crippen molar-refractivity contribution in [2.45, 2.75) is 121 Å². The number of aryl methyl sites for hydroxylation is 1. The van der Waals surface area contributed by atoms with Gasteiger partial charge in [0.05, 0.1) is 87.1 Å². The lowest BCUT2D eigenvalue weighted by molar-refractivity contribution is -0.0647. The number of carbonyl (C=O) groups excluding carboxylic acids is 4. The maximum Gasteiger partial charge on any atom is 0.317 e. The second-order valence-electron chi connectivity index (χ2n) is 27.9. The summed E-state index contributed by atoms with van der Waals surface area (Å²) >= 11 is 54.9. The van der Waals surface area contributed by atoms with Gasteiger partial charge in [0.25, 0.3) is 0 Å². The van der Waals surface area contributed by atoms with Gasteiger partial charge in [-0.25, -0.2) is 19.2 Å². The van der Waals surface area contributed by atoms with Gasteiger partial charge in [-0.15, -0.1) is 11.3 Å². The number of hydrogen-bond donors (Lipinski definition) is 4. The molecule has 10 aromatic rings. The number of rotatable bonds is 24. The van der Waals surface area contributed by atoms with E-state index in [-0.39, 0.29) is 85.0 Å².